The minimum Gasteiger partial charge on any atom is -0.298 e. The lowest BCUT2D eigenvalue weighted by Gasteiger charge is -2.31. The van der Waals surface area contributed by atoms with Gasteiger partial charge in [-0.25, -0.2) is 0 Å². The molecule has 0 aliphatic carbocycles. The lowest BCUT2D eigenvalue weighted by molar-refractivity contribution is -0.384. The maximum Gasteiger partial charge on any atom is 0.288 e. The first-order valence-corrected chi connectivity index (χ1v) is 11.4. The number of aliphatic imine (C=N–C) groups is 1. The second-order valence-electron chi connectivity index (χ2n) is 8.14. The van der Waals surface area contributed by atoms with Crippen LogP contribution in [-0.4, -0.2) is 16.5 Å². The fourth-order valence-corrected chi connectivity index (χ4v) is 4.51. The van der Waals surface area contributed by atoms with Gasteiger partial charge in [-0.3, -0.25) is 24.8 Å². The summed E-state index contributed by atoms with van der Waals surface area (Å²) >= 11 is 6.02. The molecule has 0 bridgehead atoms. The van der Waals surface area contributed by atoms with Crippen LogP contribution < -0.4 is 4.90 Å². The van der Waals surface area contributed by atoms with Gasteiger partial charge in [-0.05, 0) is 35.4 Å². The van der Waals surface area contributed by atoms with E-state index in [0.717, 1.165) is 16.8 Å². The lowest BCUT2D eigenvalue weighted by Crippen LogP contribution is -2.35. The first kappa shape index (κ1) is 22.5. The second-order valence-corrected chi connectivity index (χ2v) is 8.55. The molecule has 172 valence electrons. The number of rotatable bonds is 4. The van der Waals surface area contributed by atoms with E-state index in [9.17, 15) is 14.9 Å². The van der Waals surface area contributed by atoms with E-state index >= 15 is 0 Å². The number of hydrogen-bond donors (Lipinski definition) is 0. The summed E-state index contributed by atoms with van der Waals surface area (Å²) in [6.45, 7) is 0. The summed E-state index contributed by atoms with van der Waals surface area (Å²) in [5.74, 6) is -0.365. The summed E-state index contributed by atoms with van der Waals surface area (Å²) in [5.41, 5.74) is 3.92. The Bertz CT molecular complexity index is 1440. The van der Waals surface area contributed by atoms with Crippen LogP contribution in [0, 0.1) is 10.1 Å². The highest BCUT2D eigenvalue weighted by Gasteiger charge is 2.33. The van der Waals surface area contributed by atoms with Crippen LogP contribution in [0.1, 0.15) is 33.9 Å². The summed E-state index contributed by atoms with van der Waals surface area (Å²) in [7, 11) is 0. The molecule has 4 aromatic rings. The predicted octanol–water partition coefficient (Wildman–Crippen LogP) is 7.16. The number of halogens is 1. The van der Waals surface area contributed by atoms with Gasteiger partial charge in [0, 0.05) is 18.1 Å². The van der Waals surface area contributed by atoms with Crippen molar-refractivity contribution in [3.8, 4) is 0 Å². The molecule has 6 nitrogen and oxygen atoms in total. The van der Waals surface area contributed by atoms with Gasteiger partial charge in [0.05, 0.1) is 28.1 Å². The molecule has 1 atom stereocenters. The third-order valence-electron chi connectivity index (χ3n) is 5.99. The van der Waals surface area contributed by atoms with Crippen molar-refractivity contribution in [1.82, 2.24) is 0 Å². The third-order valence-corrected chi connectivity index (χ3v) is 6.31. The summed E-state index contributed by atoms with van der Waals surface area (Å²) in [6.07, 6.45) is 0.462. The average molecular weight is 482 g/mol. The standard InChI is InChI=1S/C28H20ClN3O3/c29-22-16-15-21(17-27(22)32(34)35)28(33)31-25-14-8-7-13-23(25)30-24(19-9-3-1-4-10-19)18-26(31)20-11-5-2-6-12-20/h1-17,26H,18H2/t26-/m1/s1. The molecule has 1 heterocycles. The number of amides is 1. The Labute approximate surface area is 207 Å². The van der Waals surface area contributed by atoms with Crippen molar-refractivity contribution < 1.29 is 9.72 Å². The average Bonchev–Trinajstić information content (AvgIpc) is 3.07. The molecular weight excluding hydrogens is 462 g/mol. The van der Waals surface area contributed by atoms with E-state index in [1.807, 2.05) is 84.9 Å². The summed E-state index contributed by atoms with van der Waals surface area (Å²) in [5, 5.41) is 11.5. The molecule has 0 N–H and O–H groups in total. The first-order chi connectivity index (χ1) is 17.0. The molecule has 1 aliphatic heterocycles. The van der Waals surface area contributed by atoms with Gasteiger partial charge in [-0.1, -0.05) is 84.4 Å². The summed E-state index contributed by atoms with van der Waals surface area (Å²) < 4.78 is 0. The Hall–Kier alpha value is -4.29. The van der Waals surface area contributed by atoms with Crippen molar-refractivity contribution in [1.29, 1.82) is 0 Å². The van der Waals surface area contributed by atoms with Crippen LogP contribution in [0.3, 0.4) is 0 Å². The minimum atomic E-state index is -0.583. The molecule has 0 fully saturated rings. The number of carbonyl (C=O) groups is 1. The zero-order chi connectivity index (χ0) is 24.4. The number of carbonyl (C=O) groups excluding carboxylic acids is 1. The molecule has 0 aromatic heterocycles. The van der Waals surface area contributed by atoms with Crippen LogP contribution in [0.15, 0.2) is 108 Å². The highest BCUT2D eigenvalue weighted by molar-refractivity contribution is 6.32. The molecule has 1 aliphatic rings. The SMILES string of the molecule is O=C(c1ccc(Cl)c([N+](=O)[O-])c1)N1c2ccccc2N=C(c2ccccc2)C[C@@H]1c1ccccc1. The number of hydrogen-bond acceptors (Lipinski definition) is 4. The van der Waals surface area contributed by atoms with E-state index in [0.29, 0.717) is 17.8 Å². The first-order valence-electron chi connectivity index (χ1n) is 11.1. The normalized spacial score (nSPS) is 15.1. The summed E-state index contributed by atoms with van der Waals surface area (Å²) in [6, 6.07) is 30.8. The van der Waals surface area contributed by atoms with Crippen molar-refractivity contribution in [3.63, 3.8) is 0 Å². The molecule has 0 saturated carbocycles. The molecule has 1 amide bonds. The zero-order valence-corrected chi connectivity index (χ0v) is 19.3. The summed E-state index contributed by atoms with van der Waals surface area (Å²) in [4.78, 5) is 31.6. The predicted molar refractivity (Wildman–Crippen MR) is 138 cm³/mol. The molecule has 0 radical (unpaired) electrons. The van der Waals surface area contributed by atoms with Crippen molar-refractivity contribution in [2.45, 2.75) is 12.5 Å². The van der Waals surface area contributed by atoms with E-state index < -0.39 is 4.92 Å². The van der Waals surface area contributed by atoms with Crippen molar-refractivity contribution in [2.24, 2.45) is 4.99 Å². The number of nitrogens with zero attached hydrogens (tertiary/aromatic N) is 3. The number of nitro benzene ring substituents is 1. The number of nitro groups is 1. The number of para-hydroxylation sites is 2. The number of benzene rings is 4. The van der Waals surface area contributed by atoms with Crippen LogP contribution in [0.25, 0.3) is 0 Å². The Morgan fingerprint density at radius 2 is 1.57 bits per heavy atom. The highest BCUT2D eigenvalue weighted by Crippen LogP contribution is 2.42. The van der Waals surface area contributed by atoms with Crippen LogP contribution in [-0.2, 0) is 0 Å². The molecule has 35 heavy (non-hydrogen) atoms. The van der Waals surface area contributed by atoms with Crippen LogP contribution in [0.2, 0.25) is 5.02 Å². The Morgan fingerprint density at radius 1 is 0.914 bits per heavy atom. The quantitative estimate of drug-likeness (QED) is 0.229. The van der Waals surface area contributed by atoms with E-state index in [1.165, 1.54) is 18.2 Å². The van der Waals surface area contributed by atoms with E-state index in [4.69, 9.17) is 16.6 Å². The van der Waals surface area contributed by atoms with Crippen LogP contribution >= 0.6 is 11.6 Å². The second kappa shape index (κ2) is 9.52. The fraction of sp³-hybridized carbons (Fsp3) is 0.0714. The minimum absolute atomic E-state index is 0.0166. The van der Waals surface area contributed by atoms with Crippen molar-refractivity contribution in [2.75, 3.05) is 4.90 Å². The third kappa shape index (κ3) is 4.44. The number of anilines is 1. The van der Waals surface area contributed by atoms with Gasteiger partial charge in [0.1, 0.15) is 5.02 Å². The largest absolute Gasteiger partial charge is 0.298 e. The van der Waals surface area contributed by atoms with E-state index in [2.05, 4.69) is 0 Å². The smallest absolute Gasteiger partial charge is 0.288 e. The molecule has 5 rings (SSSR count). The maximum atomic E-state index is 14.0. The van der Waals surface area contributed by atoms with Gasteiger partial charge in [-0.15, -0.1) is 0 Å². The highest BCUT2D eigenvalue weighted by atomic mass is 35.5. The van der Waals surface area contributed by atoms with Gasteiger partial charge < -0.3 is 0 Å². The molecule has 0 saturated heterocycles. The van der Waals surface area contributed by atoms with Gasteiger partial charge in [0.25, 0.3) is 11.6 Å². The zero-order valence-electron chi connectivity index (χ0n) is 18.5. The van der Waals surface area contributed by atoms with E-state index in [1.54, 1.807) is 4.90 Å². The fourth-order valence-electron chi connectivity index (χ4n) is 4.33. The van der Waals surface area contributed by atoms with Crippen molar-refractivity contribution >= 4 is 40.3 Å². The Balaban J connectivity index is 1.69. The lowest BCUT2D eigenvalue weighted by atomic mass is 9.95. The molecule has 4 aromatic carbocycles. The van der Waals surface area contributed by atoms with Gasteiger partial charge in [0.15, 0.2) is 0 Å². The molecule has 7 heteroatoms. The van der Waals surface area contributed by atoms with Crippen molar-refractivity contribution in [3.05, 3.63) is 135 Å². The topological polar surface area (TPSA) is 75.8 Å². The Kier molecular flexibility index (Phi) is 6.12. The molecule has 0 spiro atoms. The maximum absolute atomic E-state index is 14.0. The molecular formula is C28H20ClN3O3. The Morgan fingerprint density at radius 3 is 2.29 bits per heavy atom. The van der Waals surface area contributed by atoms with Gasteiger partial charge >= 0.3 is 0 Å². The van der Waals surface area contributed by atoms with Gasteiger partial charge in [0.2, 0.25) is 0 Å². The van der Waals surface area contributed by atoms with Crippen LogP contribution in [0.5, 0.6) is 0 Å². The van der Waals surface area contributed by atoms with Crippen LogP contribution in [0.4, 0.5) is 17.1 Å². The molecule has 0 unspecified atom stereocenters. The van der Waals surface area contributed by atoms with E-state index in [-0.39, 0.29) is 28.2 Å². The number of fused-ring (bicyclic) bond motifs is 1. The monoisotopic (exact) mass is 481 g/mol. The van der Waals surface area contributed by atoms with Gasteiger partial charge in [-0.2, -0.15) is 0 Å².